The highest BCUT2D eigenvalue weighted by molar-refractivity contribution is 5.25. The van der Waals surface area contributed by atoms with Crippen LogP contribution in [0.3, 0.4) is 0 Å². The van der Waals surface area contributed by atoms with Crippen molar-refractivity contribution < 1.29 is 0 Å². The summed E-state index contributed by atoms with van der Waals surface area (Å²) in [6.07, 6.45) is 6.85. The van der Waals surface area contributed by atoms with E-state index in [1.165, 1.54) is 43.2 Å². The summed E-state index contributed by atoms with van der Waals surface area (Å²) >= 11 is 0. The van der Waals surface area contributed by atoms with E-state index in [4.69, 9.17) is 5.73 Å². The van der Waals surface area contributed by atoms with Gasteiger partial charge in [-0.15, -0.1) is 0 Å². The van der Waals surface area contributed by atoms with Gasteiger partial charge in [0.2, 0.25) is 0 Å². The first-order valence-electron chi connectivity index (χ1n) is 5.61. The van der Waals surface area contributed by atoms with E-state index >= 15 is 0 Å². The fourth-order valence-corrected chi connectivity index (χ4v) is 2.31. The van der Waals surface area contributed by atoms with Gasteiger partial charge in [-0.1, -0.05) is 37.5 Å². The molecule has 14 heavy (non-hydrogen) atoms. The van der Waals surface area contributed by atoms with Crippen LogP contribution in [0.4, 0.5) is 0 Å². The lowest BCUT2D eigenvalue weighted by molar-refractivity contribution is 0.443. The molecule has 0 bridgehead atoms. The van der Waals surface area contributed by atoms with Gasteiger partial charge >= 0.3 is 0 Å². The van der Waals surface area contributed by atoms with Crippen molar-refractivity contribution in [1.82, 2.24) is 0 Å². The van der Waals surface area contributed by atoms with Crippen LogP contribution in [-0.2, 0) is 6.54 Å². The Kier molecular flexibility index (Phi) is 3.20. The van der Waals surface area contributed by atoms with Crippen molar-refractivity contribution in [3.05, 3.63) is 35.4 Å². The average Bonchev–Trinajstić information content (AvgIpc) is 2.30. The van der Waals surface area contributed by atoms with Crippen LogP contribution < -0.4 is 5.73 Å². The van der Waals surface area contributed by atoms with Crippen LogP contribution in [0, 0.1) is 6.07 Å². The van der Waals surface area contributed by atoms with E-state index in [0.29, 0.717) is 6.54 Å². The van der Waals surface area contributed by atoms with Gasteiger partial charge in [0.1, 0.15) is 0 Å². The third kappa shape index (κ3) is 2.16. The number of hydrogen-bond acceptors (Lipinski definition) is 1. The van der Waals surface area contributed by atoms with E-state index in [0.717, 1.165) is 5.92 Å². The number of benzene rings is 1. The molecule has 1 aliphatic rings. The summed E-state index contributed by atoms with van der Waals surface area (Å²) in [5.41, 5.74) is 8.26. The Morgan fingerprint density at radius 1 is 1.29 bits per heavy atom. The van der Waals surface area contributed by atoms with Gasteiger partial charge < -0.3 is 5.73 Å². The molecule has 0 amide bonds. The second kappa shape index (κ2) is 4.61. The number of hydrogen-bond donors (Lipinski definition) is 1. The van der Waals surface area contributed by atoms with Crippen molar-refractivity contribution in [2.45, 2.75) is 44.6 Å². The second-order valence-electron chi connectivity index (χ2n) is 4.19. The molecule has 1 heteroatoms. The molecule has 0 atom stereocenters. The van der Waals surface area contributed by atoms with Crippen molar-refractivity contribution in [3.63, 3.8) is 0 Å². The molecule has 2 N–H and O–H groups in total. The molecule has 1 fully saturated rings. The molecule has 0 aromatic heterocycles. The molecule has 0 unspecified atom stereocenters. The first-order chi connectivity index (χ1) is 6.90. The van der Waals surface area contributed by atoms with Crippen molar-refractivity contribution in [1.29, 1.82) is 0 Å². The highest BCUT2D eigenvalue weighted by atomic mass is 14.5. The van der Waals surface area contributed by atoms with Gasteiger partial charge in [0.15, 0.2) is 0 Å². The van der Waals surface area contributed by atoms with Crippen molar-refractivity contribution in [2.24, 2.45) is 5.73 Å². The van der Waals surface area contributed by atoms with Crippen molar-refractivity contribution in [2.75, 3.05) is 0 Å². The van der Waals surface area contributed by atoms with Crippen LogP contribution in [0.15, 0.2) is 18.2 Å². The van der Waals surface area contributed by atoms with Gasteiger partial charge in [0.05, 0.1) is 0 Å². The van der Waals surface area contributed by atoms with Crippen LogP contribution in [-0.4, -0.2) is 0 Å². The summed E-state index contributed by atoms with van der Waals surface area (Å²) in [5, 5.41) is 0. The van der Waals surface area contributed by atoms with Gasteiger partial charge in [0.25, 0.3) is 0 Å². The Hall–Kier alpha value is -0.820. The maximum atomic E-state index is 5.63. The fourth-order valence-electron chi connectivity index (χ4n) is 2.31. The molecule has 1 aromatic rings. The highest BCUT2D eigenvalue weighted by Crippen LogP contribution is 2.32. The number of nitrogens with two attached hydrogens (primary N) is 1. The summed E-state index contributed by atoms with van der Waals surface area (Å²) in [6.45, 7) is 0.647. The lowest BCUT2D eigenvalue weighted by Gasteiger charge is -2.22. The zero-order valence-electron chi connectivity index (χ0n) is 8.63. The van der Waals surface area contributed by atoms with E-state index in [-0.39, 0.29) is 0 Å². The van der Waals surface area contributed by atoms with Gasteiger partial charge in [-0.05, 0) is 36.0 Å². The standard InChI is InChI=1S/C13H18N/c14-10-11-5-4-8-13(9-11)12-6-2-1-3-7-12/h4-5,9,12H,1-3,6-7,10,14H2. The maximum absolute atomic E-state index is 5.63. The smallest absolute Gasteiger partial charge is 0.0178 e. The van der Waals surface area contributed by atoms with E-state index in [9.17, 15) is 0 Å². The summed E-state index contributed by atoms with van der Waals surface area (Å²) < 4.78 is 0. The minimum absolute atomic E-state index is 0.647. The molecule has 1 aromatic carbocycles. The van der Waals surface area contributed by atoms with Crippen LogP contribution in [0.1, 0.15) is 49.1 Å². The van der Waals surface area contributed by atoms with Gasteiger partial charge in [-0.2, -0.15) is 0 Å². The average molecular weight is 188 g/mol. The minimum Gasteiger partial charge on any atom is -0.326 e. The molecule has 0 aliphatic heterocycles. The topological polar surface area (TPSA) is 26.0 Å². The molecule has 1 radical (unpaired) electrons. The van der Waals surface area contributed by atoms with Crippen LogP contribution in [0.25, 0.3) is 0 Å². The Labute approximate surface area is 86.3 Å². The summed E-state index contributed by atoms with van der Waals surface area (Å²) in [7, 11) is 0. The van der Waals surface area contributed by atoms with Gasteiger partial charge in [-0.3, -0.25) is 0 Å². The number of rotatable bonds is 2. The molecule has 75 valence electrons. The van der Waals surface area contributed by atoms with Crippen LogP contribution in [0.2, 0.25) is 0 Å². The molecular formula is C13H18N. The summed E-state index contributed by atoms with van der Waals surface area (Å²) in [6, 6.07) is 9.67. The van der Waals surface area contributed by atoms with Crippen LogP contribution >= 0.6 is 0 Å². The van der Waals surface area contributed by atoms with Crippen molar-refractivity contribution >= 4 is 0 Å². The Bertz CT molecular complexity index is 287. The van der Waals surface area contributed by atoms with E-state index in [1.807, 2.05) is 6.07 Å². The first-order valence-corrected chi connectivity index (χ1v) is 5.61. The first kappa shape index (κ1) is 9.72. The Balaban J connectivity index is 2.13. The monoisotopic (exact) mass is 188 g/mol. The van der Waals surface area contributed by atoms with Crippen LogP contribution in [0.5, 0.6) is 0 Å². The van der Waals surface area contributed by atoms with E-state index < -0.39 is 0 Å². The molecule has 1 aliphatic carbocycles. The summed E-state index contributed by atoms with van der Waals surface area (Å²) in [4.78, 5) is 0. The maximum Gasteiger partial charge on any atom is 0.0178 e. The highest BCUT2D eigenvalue weighted by Gasteiger charge is 2.15. The third-order valence-corrected chi connectivity index (χ3v) is 3.17. The quantitative estimate of drug-likeness (QED) is 0.758. The SMILES string of the molecule is NCc1cc[c]c(C2CCCCC2)c1. The molecule has 0 spiro atoms. The largest absolute Gasteiger partial charge is 0.326 e. The molecule has 1 saturated carbocycles. The Morgan fingerprint density at radius 3 is 2.79 bits per heavy atom. The predicted molar refractivity (Wildman–Crippen MR) is 59.0 cm³/mol. The molecule has 0 heterocycles. The Morgan fingerprint density at radius 2 is 2.07 bits per heavy atom. The normalized spacial score (nSPS) is 18.4. The third-order valence-electron chi connectivity index (χ3n) is 3.17. The second-order valence-corrected chi connectivity index (χ2v) is 4.19. The molecular weight excluding hydrogens is 170 g/mol. The fraction of sp³-hybridized carbons (Fsp3) is 0.538. The summed E-state index contributed by atoms with van der Waals surface area (Å²) in [5.74, 6) is 0.746. The zero-order valence-corrected chi connectivity index (χ0v) is 8.63. The molecule has 0 saturated heterocycles. The predicted octanol–water partition coefficient (Wildman–Crippen LogP) is 2.99. The minimum atomic E-state index is 0.647. The molecule has 2 rings (SSSR count). The lowest BCUT2D eigenvalue weighted by atomic mass is 9.84. The van der Waals surface area contributed by atoms with Gasteiger partial charge in [0, 0.05) is 6.54 Å². The lowest BCUT2D eigenvalue weighted by Crippen LogP contribution is -2.06. The molecule has 1 nitrogen and oxygen atoms in total. The van der Waals surface area contributed by atoms with E-state index in [1.54, 1.807) is 0 Å². The van der Waals surface area contributed by atoms with E-state index in [2.05, 4.69) is 18.2 Å². The van der Waals surface area contributed by atoms with Crippen molar-refractivity contribution in [3.8, 4) is 0 Å². The van der Waals surface area contributed by atoms with Gasteiger partial charge in [-0.25, -0.2) is 0 Å². The zero-order chi connectivity index (χ0) is 9.80.